The maximum absolute atomic E-state index is 13.1. The van der Waals surface area contributed by atoms with Crippen LogP contribution in [-0.2, 0) is 6.54 Å². The van der Waals surface area contributed by atoms with Crippen LogP contribution in [0.4, 0.5) is 4.39 Å². The molecule has 1 N–H and O–H groups in total. The molecule has 0 bridgehead atoms. The summed E-state index contributed by atoms with van der Waals surface area (Å²) < 4.78 is 19.0. The third kappa shape index (κ3) is 4.70. The Morgan fingerprint density at radius 1 is 1.00 bits per heavy atom. The van der Waals surface area contributed by atoms with Gasteiger partial charge in [0, 0.05) is 42.6 Å². The van der Waals surface area contributed by atoms with Gasteiger partial charge in [0.2, 0.25) is 0 Å². The van der Waals surface area contributed by atoms with Crippen LogP contribution in [0.15, 0.2) is 73.2 Å². The zero-order chi connectivity index (χ0) is 20.1. The van der Waals surface area contributed by atoms with Crippen molar-refractivity contribution in [3.05, 3.63) is 89.6 Å². The van der Waals surface area contributed by atoms with Crippen LogP contribution in [0.2, 0.25) is 5.02 Å². The number of rotatable bonds is 7. The lowest BCUT2D eigenvalue weighted by Crippen LogP contribution is -2.20. The Bertz CT molecular complexity index is 1120. The highest BCUT2D eigenvalue weighted by Crippen LogP contribution is 2.29. The smallest absolute Gasteiger partial charge is 0.145 e. The van der Waals surface area contributed by atoms with Gasteiger partial charge in [0.1, 0.15) is 23.7 Å². The Kier molecular flexibility index (Phi) is 5.98. The summed E-state index contributed by atoms with van der Waals surface area (Å²) in [6.07, 6.45) is 5.32. The molecule has 29 heavy (non-hydrogen) atoms. The number of halogens is 2. The number of hydrogen-bond donors (Lipinski definition) is 1. The summed E-state index contributed by atoms with van der Waals surface area (Å²) in [6.45, 7) is 1.82. The van der Waals surface area contributed by atoms with Gasteiger partial charge in [-0.25, -0.2) is 4.39 Å². The Balaban J connectivity index is 1.32. The highest BCUT2D eigenvalue weighted by Gasteiger charge is 2.06. The van der Waals surface area contributed by atoms with Crippen molar-refractivity contribution in [3.63, 3.8) is 0 Å². The molecule has 0 aliphatic heterocycles. The summed E-state index contributed by atoms with van der Waals surface area (Å²) in [6, 6.07) is 15.9. The predicted molar refractivity (Wildman–Crippen MR) is 114 cm³/mol. The third-order valence-electron chi connectivity index (χ3n) is 4.52. The highest BCUT2D eigenvalue weighted by atomic mass is 35.5. The van der Waals surface area contributed by atoms with E-state index >= 15 is 0 Å². The quantitative estimate of drug-likeness (QED) is 0.424. The van der Waals surface area contributed by atoms with Gasteiger partial charge in [-0.2, -0.15) is 0 Å². The second-order valence-corrected chi connectivity index (χ2v) is 6.97. The molecule has 0 aliphatic rings. The van der Waals surface area contributed by atoms with Crippen molar-refractivity contribution in [1.29, 1.82) is 0 Å². The molecule has 0 fully saturated rings. The van der Waals surface area contributed by atoms with E-state index in [4.69, 9.17) is 16.3 Å². The van der Waals surface area contributed by atoms with Crippen LogP contribution in [0.25, 0.3) is 22.0 Å². The van der Waals surface area contributed by atoms with Gasteiger partial charge in [0.05, 0.1) is 5.02 Å². The molecule has 2 heterocycles. The second-order valence-electron chi connectivity index (χ2n) is 6.56. The molecule has 4 nitrogen and oxygen atoms in total. The molecule has 0 saturated heterocycles. The highest BCUT2D eigenvalue weighted by molar-refractivity contribution is 6.35. The summed E-state index contributed by atoms with van der Waals surface area (Å²) in [5.74, 6) is 0.468. The molecule has 0 saturated carbocycles. The molecule has 0 spiro atoms. The largest absolute Gasteiger partial charge is 0.490 e. The fourth-order valence-corrected chi connectivity index (χ4v) is 3.29. The fourth-order valence-electron chi connectivity index (χ4n) is 3.08. The molecule has 0 aliphatic carbocycles. The van der Waals surface area contributed by atoms with Crippen molar-refractivity contribution < 1.29 is 9.13 Å². The molecule has 0 unspecified atom stereocenters. The van der Waals surface area contributed by atoms with Crippen molar-refractivity contribution in [2.24, 2.45) is 0 Å². The van der Waals surface area contributed by atoms with E-state index in [1.54, 1.807) is 24.5 Å². The van der Waals surface area contributed by atoms with Crippen LogP contribution in [0.3, 0.4) is 0 Å². The number of hydrogen-bond acceptors (Lipinski definition) is 4. The summed E-state index contributed by atoms with van der Waals surface area (Å²) in [5.41, 5.74) is 3.70. The molecule has 2 aromatic carbocycles. The minimum atomic E-state index is -0.247. The van der Waals surface area contributed by atoms with E-state index in [-0.39, 0.29) is 5.82 Å². The summed E-state index contributed by atoms with van der Waals surface area (Å²) in [5, 5.41) is 4.89. The number of fused-ring (bicyclic) bond motifs is 1. The molecule has 6 heteroatoms. The average molecular weight is 408 g/mol. The minimum Gasteiger partial charge on any atom is -0.490 e. The van der Waals surface area contributed by atoms with Crippen molar-refractivity contribution >= 4 is 22.5 Å². The van der Waals surface area contributed by atoms with Gasteiger partial charge in [-0.05, 0) is 53.6 Å². The second kappa shape index (κ2) is 8.99. The first-order chi connectivity index (χ1) is 14.2. The standard InChI is InChI=1S/C23H19ClFN3O/c24-21-7-8-22(23-20(21)2-1-9-28-23)29-11-10-26-13-16-12-18(15-27-14-16)17-3-5-19(25)6-4-17/h1-9,12,14-15,26H,10-11,13H2. The van der Waals surface area contributed by atoms with Crippen LogP contribution in [-0.4, -0.2) is 23.1 Å². The summed E-state index contributed by atoms with van der Waals surface area (Å²) in [7, 11) is 0. The zero-order valence-corrected chi connectivity index (χ0v) is 16.4. The Labute approximate surface area is 173 Å². The summed E-state index contributed by atoms with van der Waals surface area (Å²) in [4.78, 5) is 8.66. The van der Waals surface area contributed by atoms with Gasteiger partial charge in [-0.1, -0.05) is 23.7 Å². The van der Waals surface area contributed by atoms with Gasteiger partial charge in [-0.3, -0.25) is 9.97 Å². The number of aromatic nitrogens is 2. The topological polar surface area (TPSA) is 47.0 Å². The first-order valence-electron chi connectivity index (χ1n) is 9.27. The van der Waals surface area contributed by atoms with E-state index < -0.39 is 0 Å². The lowest BCUT2D eigenvalue weighted by atomic mass is 10.1. The first kappa shape index (κ1) is 19.3. The normalized spacial score (nSPS) is 11.0. The van der Waals surface area contributed by atoms with Gasteiger partial charge >= 0.3 is 0 Å². The number of benzene rings is 2. The molecule has 146 valence electrons. The van der Waals surface area contributed by atoms with E-state index in [2.05, 4.69) is 15.3 Å². The molecule has 0 radical (unpaired) electrons. The van der Waals surface area contributed by atoms with Gasteiger partial charge in [-0.15, -0.1) is 0 Å². The Morgan fingerprint density at radius 3 is 2.72 bits per heavy atom. The monoisotopic (exact) mass is 407 g/mol. The number of pyridine rings is 2. The third-order valence-corrected chi connectivity index (χ3v) is 4.85. The minimum absolute atomic E-state index is 0.247. The molecule has 2 aromatic heterocycles. The van der Waals surface area contributed by atoms with E-state index in [9.17, 15) is 4.39 Å². The maximum Gasteiger partial charge on any atom is 0.145 e. The first-order valence-corrected chi connectivity index (χ1v) is 9.65. The molecule has 0 amide bonds. The van der Waals surface area contributed by atoms with Gasteiger partial charge in [0.15, 0.2) is 0 Å². The van der Waals surface area contributed by atoms with Crippen molar-refractivity contribution in [1.82, 2.24) is 15.3 Å². The average Bonchev–Trinajstić information content (AvgIpc) is 2.76. The molecule has 4 aromatic rings. The van der Waals surface area contributed by atoms with Crippen molar-refractivity contribution in [3.8, 4) is 16.9 Å². The number of ether oxygens (including phenoxy) is 1. The zero-order valence-electron chi connectivity index (χ0n) is 15.6. The van der Waals surface area contributed by atoms with Crippen molar-refractivity contribution in [2.45, 2.75) is 6.54 Å². The predicted octanol–water partition coefficient (Wildman–Crippen LogP) is 5.26. The molecular weight excluding hydrogens is 389 g/mol. The molecule has 4 rings (SSSR count). The fraction of sp³-hybridized carbons (Fsp3) is 0.130. The number of nitrogens with zero attached hydrogens (tertiary/aromatic N) is 2. The van der Waals surface area contributed by atoms with E-state index in [0.717, 1.165) is 27.6 Å². The van der Waals surface area contributed by atoms with Crippen LogP contribution >= 0.6 is 11.6 Å². The van der Waals surface area contributed by atoms with E-state index in [1.165, 1.54) is 12.1 Å². The lowest BCUT2D eigenvalue weighted by Gasteiger charge is -2.11. The lowest BCUT2D eigenvalue weighted by molar-refractivity contribution is 0.316. The van der Waals surface area contributed by atoms with Crippen LogP contribution in [0.1, 0.15) is 5.56 Å². The van der Waals surface area contributed by atoms with Gasteiger partial charge < -0.3 is 10.1 Å². The van der Waals surface area contributed by atoms with E-state index in [0.29, 0.717) is 30.5 Å². The Hall–Kier alpha value is -3.02. The molecule has 0 atom stereocenters. The summed E-state index contributed by atoms with van der Waals surface area (Å²) >= 11 is 6.21. The van der Waals surface area contributed by atoms with E-state index in [1.807, 2.05) is 36.5 Å². The van der Waals surface area contributed by atoms with Crippen molar-refractivity contribution in [2.75, 3.05) is 13.2 Å². The van der Waals surface area contributed by atoms with Crippen LogP contribution in [0, 0.1) is 5.82 Å². The van der Waals surface area contributed by atoms with Gasteiger partial charge in [0.25, 0.3) is 0 Å². The molecular formula is C23H19ClFN3O. The Morgan fingerprint density at radius 2 is 1.86 bits per heavy atom. The van der Waals surface area contributed by atoms with Crippen LogP contribution < -0.4 is 10.1 Å². The maximum atomic E-state index is 13.1. The SMILES string of the molecule is Fc1ccc(-c2cncc(CNCCOc3ccc(Cl)c4cccnc34)c2)cc1. The van der Waals surface area contributed by atoms with Crippen LogP contribution in [0.5, 0.6) is 5.75 Å². The number of nitrogens with one attached hydrogen (secondary N) is 1.